The second-order valence-corrected chi connectivity index (χ2v) is 7.71. The van der Waals surface area contributed by atoms with E-state index in [0.717, 1.165) is 6.54 Å². The summed E-state index contributed by atoms with van der Waals surface area (Å²) in [6.45, 7) is 5.52. The topological polar surface area (TPSA) is 14.1 Å². The molecule has 1 fully saturated rings. The summed E-state index contributed by atoms with van der Waals surface area (Å²) in [5, 5.41) is 4.72. The molecule has 1 heterocycles. The molecule has 1 saturated heterocycles. The molecule has 0 aromatic rings. The number of hydrogen-bond acceptors (Lipinski definition) is 3. The zero-order valence-electron chi connectivity index (χ0n) is 8.82. The molecule has 0 amide bonds. The van der Waals surface area contributed by atoms with Crippen LogP contribution in [0.4, 0.5) is 0 Å². The standard InChI is InChI=1S/C9H18NS3.Mo/c1-3-5-7-10-9(12-13-9)11-8-6-4-2;/h3-8H2,1-2H3;/q-1;. The van der Waals surface area contributed by atoms with E-state index >= 15 is 0 Å². The fraction of sp³-hybridized carbons (Fsp3) is 1.00. The van der Waals surface area contributed by atoms with Gasteiger partial charge in [0.2, 0.25) is 0 Å². The van der Waals surface area contributed by atoms with Crippen LogP contribution >= 0.6 is 33.3 Å². The molecule has 84 valence electrons. The summed E-state index contributed by atoms with van der Waals surface area (Å²) < 4.78 is 0.227. The Bertz CT molecular complexity index is 130. The van der Waals surface area contributed by atoms with Crippen molar-refractivity contribution < 1.29 is 21.1 Å². The molecule has 5 heteroatoms. The Labute approximate surface area is 114 Å². The summed E-state index contributed by atoms with van der Waals surface area (Å²) in [5.74, 6) is 1.27. The average molecular weight is 332 g/mol. The van der Waals surface area contributed by atoms with Crippen LogP contribution in [0.3, 0.4) is 0 Å². The molecule has 1 rings (SSSR count). The van der Waals surface area contributed by atoms with Gasteiger partial charge in [-0.1, -0.05) is 54.7 Å². The third-order valence-electron chi connectivity index (χ3n) is 1.83. The molecule has 0 spiro atoms. The van der Waals surface area contributed by atoms with Crippen LogP contribution in [-0.4, -0.2) is 15.8 Å². The second kappa shape index (κ2) is 8.81. The summed E-state index contributed by atoms with van der Waals surface area (Å²) in [5.41, 5.74) is 0. The molecule has 14 heavy (non-hydrogen) atoms. The molecule has 0 atom stereocenters. The maximum absolute atomic E-state index is 4.72. The third-order valence-corrected chi connectivity index (χ3v) is 6.81. The van der Waals surface area contributed by atoms with Crippen molar-refractivity contribution >= 4 is 33.3 Å². The molecule has 1 aliphatic rings. The SMILES string of the molecule is CCCC[N-]C1(SCCCC)SS1.[Mo]. The van der Waals surface area contributed by atoms with E-state index in [1.54, 1.807) is 0 Å². The van der Waals surface area contributed by atoms with Gasteiger partial charge in [-0.3, -0.25) is 0 Å². The monoisotopic (exact) mass is 334 g/mol. The van der Waals surface area contributed by atoms with Crippen molar-refractivity contribution in [1.29, 1.82) is 0 Å². The van der Waals surface area contributed by atoms with Crippen LogP contribution < -0.4 is 0 Å². The van der Waals surface area contributed by atoms with Gasteiger partial charge < -0.3 is 5.32 Å². The van der Waals surface area contributed by atoms with Gasteiger partial charge in [0.05, 0.1) is 0 Å². The second-order valence-electron chi connectivity index (χ2n) is 3.13. The Hall–Kier alpha value is 1.70. The van der Waals surface area contributed by atoms with Crippen molar-refractivity contribution in [3.63, 3.8) is 0 Å². The Morgan fingerprint density at radius 2 is 1.79 bits per heavy atom. The van der Waals surface area contributed by atoms with Crippen molar-refractivity contribution in [2.75, 3.05) is 12.3 Å². The zero-order chi connectivity index (χ0) is 9.57. The Kier molecular flexibility index (Phi) is 9.87. The van der Waals surface area contributed by atoms with Crippen LogP contribution in [-0.2, 0) is 21.1 Å². The summed E-state index contributed by atoms with van der Waals surface area (Å²) in [4.78, 5) is 0. The molecule has 0 radical (unpaired) electrons. The van der Waals surface area contributed by atoms with Crippen LogP contribution in [0.5, 0.6) is 0 Å². The van der Waals surface area contributed by atoms with Gasteiger partial charge in [-0.25, -0.2) is 0 Å². The first-order valence-corrected chi connectivity index (χ1v) is 8.16. The number of rotatable bonds is 8. The predicted molar refractivity (Wildman–Crippen MR) is 68.4 cm³/mol. The van der Waals surface area contributed by atoms with Crippen LogP contribution in [0.25, 0.3) is 5.32 Å². The molecular formula is C9H18MoNS3-. The Balaban J connectivity index is 0.00000169. The molecule has 1 aliphatic heterocycles. The van der Waals surface area contributed by atoms with Crippen molar-refractivity contribution in [3.05, 3.63) is 5.32 Å². The van der Waals surface area contributed by atoms with Crippen molar-refractivity contribution in [3.8, 4) is 0 Å². The van der Waals surface area contributed by atoms with Crippen LogP contribution in [0.15, 0.2) is 0 Å². The first-order valence-electron chi connectivity index (χ1n) is 5.02. The number of unbranched alkanes of at least 4 members (excludes halogenated alkanes) is 2. The quantitative estimate of drug-likeness (QED) is 0.277. The molecule has 0 aromatic carbocycles. The van der Waals surface area contributed by atoms with E-state index in [-0.39, 0.29) is 24.6 Å². The summed E-state index contributed by atoms with van der Waals surface area (Å²) in [6.07, 6.45) is 5.13. The minimum atomic E-state index is 0. The van der Waals surface area contributed by atoms with E-state index in [2.05, 4.69) is 13.8 Å². The van der Waals surface area contributed by atoms with E-state index in [0.29, 0.717) is 0 Å². The fourth-order valence-electron chi connectivity index (χ4n) is 0.902. The molecule has 0 aromatic heterocycles. The van der Waals surface area contributed by atoms with Crippen LogP contribution in [0.1, 0.15) is 39.5 Å². The fourth-order valence-corrected chi connectivity index (χ4v) is 4.72. The van der Waals surface area contributed by atoms with E-state index in [9.17, 15) is 0 Å². The Morgan fingerprint density at radius 3 is 2.29 bits per heavy atom. The summed E-state index contributed by atoms with van der Waals surface area (Å²) in [7, 11) is 3.86. The first kappa shape index (κ1) is 15.7. The largest absolute Gasteiger partial charge is 0.629 e. The first-order chi connectivity index (χ1) is 6.33. The van der Waals surface area contributed by atoms with Gasteiger partial charge >= 0.3 is 0 Å². The molecule has 0 saturated carbocycles. The smallest absolute Gasteiger partial charge is 0.0414 e. The molecule has 1 nitrogen and oxygen atoms in total. The molecule has 0 N–H and O–H groups in total. The van der Waals surface area contributed by atoms with Gasteiger partial charge in [0, 0.05) is 24.6 Å². The number of thioether (sulfide) groups is 1. The molecule has 0 aliphatic carbocycles. The van der Waals surface area contributed by atoms with Gasteiger partial charge in [0.1, 0.15) is 0 Å². The normalized spacial score (nSPS) is 17.6. The summed E-state index contributed by atoms with van der Waals surface area (Å²) in [6, 6.07) is 0. The average Bonchev–Trinajstić information content (AvgIpc) is 2.87. The van der Waals surface area contributed by atoms with Gasteiger partial charge in [0.15, 0.2) is 0 Å². The minimum absolute atomic E-state index is 0. The number of nitrogens with zero attached hydrogens (tertiary/aromatic N) is 1. The van der Waals surface area contributed by atoms with Crippen molar-refractivity contribution in [2.45, 2.75) is 43.1 Å². The summed E-state index contributed by atoms with van der Waals surface area (Å²) >= 11 is 2.02. The molecule has 0 bridgehead atoms. The zero-order valence-corrected chi connectivity index (χ0v) is 13.3. The molecule has 0 unspecified atom stereocenters. The van der Waals surface area contributed by atoms with E-state index in [4.69, 9.17) is 5.32 Å². The third kappa shape index (κ3) is 6.32. The minimum Gasteiger partial charge on any atom is -0.629 e. The van der Waals surface area contributed by atoms with Crippen LogP contribution in [0, 0.1) is 0 Å². The maximum Gasteiger partial charge on any atom is 0.0414 e. The van der Waals surface area contributed by atoms with E-state index in [1.165, 1.54) is 31.4 Å². The maximum atomic E-state index is 4.72. The van der Waals surface area contributed by atoms with E-state index in [1.807, 2.05) is 33.3 Å². The molecular weight excluding hydrogens is 314 g/mol. The number of hydrogen-bond donors (Lipinski definition) is 0. The van der Waals surface area contributed by atoms with Gasteiger partial charge in [-0.05, 0) is 12.2 Å². The van der Waals surface area contributed by atoms with Gasteiger partial charge in [-0.2, -0.15) is 11.8 Å². The predicted octanol–water partition coefficient (Wildman–Crippen LogP) is 4.70. The van der Waals surface area contributed by atoms with Crippen LogP contribution in [0.2, 0.25) is 0 Å². The van der Waals surface area contributed by atoms with Gasteiger partial charge in [0.25, 0.3) is 0 Å². The van der Waals surface area contributed by atoms with Gasteiger partial charge in [-0.15, -0.1) is 6.54 Å². The van der Waals surface area contributed by atoms with Crippen molar-refractivity contribution in [1.82, 2.24) is 0 Å². The Morgan fingerprint density at radius 1 is 1.14 bits per heavy atom. The van der Waals surface area contributed by atoms with E-state index < -0.39 is 0 Å². The van der Waals surface area contributed by atoms with Crippen molar-refractivity contribution in [2.24, 2.45) is 0 Å².